The number of hydrogen-bond donors (Lipinski definition) is 2. The number of benzene rings is 1. The summed E-state index contributed by atoms with van der Waals surface area (Å²) in [7, 11) is 6.57. The van der Waals surface area contributed by atoms with Gasteiger partial charge < -0.3 is 20.5 Å². The number of esters is 1. The number of nitrogen functional groups attached to an aromatic ring is 1. The van der Waals surface area contributed by atoms with Crippen molar-refractivity contribution in [1.29, 1.82) is 0 Å². The van der Waals surface area contributed by atoms with E-state index in [1.807, 2.05) is 31.3 Å². The quantitative estimate of drug-likeness (QED) is 0.312. The van der Waals surface area contributed by atoms with Crippen LogP contribution < -0.4 is 15.8 Å². The van der Waals surface area contributed by atoms with Gasteiger partial charge in [-0.2, -0.15) is 5.10 Å². The lowest BCUT2D eigenvalue weighted by Gasteiger charge is -2.20. The van der Waals surface area contributed by atoms with Crippen molar-refractivity contribution < 1.29 is 14.3 Å². The molecule has 0 aliphatic rings. The summed E-state index contributed by atoms with van der Waals surface area (Å²) in [5.74, 6) is 0.751. The Kier molecular flexibility index (Phi) is 7.80. The Bertz CT molecular complexity index is 1430. The zero-order chi connectivity index (χ0) is 26.5. The molecule has 0 aliphatic heterocycles. The fourth-order valence-electron chi connectivity index (χ4n) is 3.81. The van der Waals surface area contributed by atoms with Crippen LogP contribution >= 0.6 is 11.6 Å². The number of carbonyl (C=O) groups excluding carboxylic acids is 1. The van der Waals surface area contributed by atoms with Gasteiger partial charge in [-0.15, -0.1) is 10.2 Å². The molecule has 4 aromatic rings. The van der Waals surface area contributed by atoms with Gasteiger partial charge in [-0.1, -0.05) is 17.7 Å². The number of aromatic nitrogens is 6. The van der Waals surface area contributed by atoms with Crippen LogP contribution in [0.3, 0.4) is 0 Å². The summed E-state index contributed by atoms with van der Waals surface area (Å²) in [6.45, 7) is 1.13. The van der Waals surface area contributed by atoms with Crippen molar-refractivity contribution in [2.24, 2.45) is 7.05 Å². The third kappa shape index (κ3) is 6.11. The second kappa shape index (κ2) is 11.2. The Morgan fingerprint density at radius 1 is 1.16 bits per heavy atom. The molecule has 3 N–H and O–H groups in total. The number of nitrogens with one attached hydrogen (secondary N) is 1. The molecule has 3 aromatic heterocycles. The minimum Gasteiger partial charge on any atom is -0.494 e. The van der Waals surface area contributed by atoms with Gasteiger partial charge in [-0.3, -0.25) is 9.58 Å². The second-order valence-electron chi connectivity index (χ2n) is 8.24. The van der Waals surface area contributed by atoms with E-state index in [0.717, 1.165) is 11.3 Å². The van der Waals surface area contributed by atoms with E-state index in [-0.39, 0.29) is 10.8 Å². The van der Waals surface area contributed by atoms with Gasteiger partial charge in [0.2, 0.25) is 0 Å². The number of anilines is 3. The first-order valence-corrected chi connectivity index (χ1v) is 11.5. The lowest BCUT2D eigenvalue weighted by atomic mass is 10.1. The molecule has 192 valence electrons. The third-order valence-electron chi connectivity index (χ3n) is 5.32. The monoisotopic (exact) mass is 523 g/mol. The Hall–Kier alpha value is -4.29. The largest absolute Gasteiger partial charge is 0.494 e. The number of methoxy groups -OCH3 is 2. The highest BCUT2D eigenvalue weighted by Gasteiger charge is 2.21. The molecule has 0 saturated heterocycles. The fraction of sp³-hybridized carbons (Fsp3) is 0.250. The summed E-state index contributed by atoms with van der Waals surface area (Å²) in [5, 5.41) is 15.4. The third-order valence-corrected chi connectivity index (χ3v) is 5.50. The molecular formula is C24H26ClN9O3. The molecule has 0 bridgehead atoms. The van der Waals surface area contributed by atoms with E-state index in [1.54, 1.807) is 31.2 Å². The molecule has 37 heavy (non-hydrogen) atoms. The molecule has 0 amide bonds. The lowest BCUT2D eigenvalue weighted by Crippen LogP contribution is -2.18. The van der Waals surface area contributed by atoms with E-state index in [4.69, 9.17) is 26.8 Å². The fourth-order valence-corrected chi connectivity index (χ4v) is 3.95. The van der Waals surface area contributed by atoms with E-state index in [1.165, 1.54) is 13.2 Å². The van der Waals surface area contributed by atoms with E-state index in [2.05, 4.69) is 35.5 Å². The van der Waals surface area contributed by atoms with Crippen molar-refractivity contribution in [2.75, 3.05) is 32.3 Å². The van der Waals surface area contributed by atoms with E-state index < -0.39 is 5.97 Å². The van der Waals surface area contributed by atoms with Gasteiger partial charge >= 0.3 is 5.97 Å². The Balaban J connectivity index is 1.76. The second-order valence-corrected chi connectivity index (χ2v) is 8.63. The molecule has 0 unspecified atom stereocenters. The molecule has 0 spiro atoms. The number of rotatable bonds is 9. The van der Waals surface area contributed by atoms with Gasteiger partial charge in [0, 0.05) is 26.2 Å². The van der Waals surface area contributed by atoms with Gasteiger partial charge in [0.25, 0.3) is 0 Å². The average molecular weight is 524 g/mol. The molecule has 1 aromatic carbocycles. The zero-order valence-electron chi connectivity index (χ0n) is 20.8. The van der Waals surface area contributed by atoms with Gasteiger partial charge in [-0.25, -0.2) is 14.8 Å². The zero-order valence-corrected chi connectivity index (χ0v) is 21.5. The van der Waals surface area contributed by atoms with Gasteiger partial charge in [0.05, 0.1) is 36.9 Å². The number of hydrogen-bond acceptors (Lipinski definition) is 11. The number of ether oxygens (including phenoxy) is 2. The molecule has 0 saturated carbocycles. The smallest absolute Gasteiger partial charge is 0.360 e. The maximum Gasteiger partial charge on any atom is 0.360 e. The summed E-state index contributed by atoms with van der Waals surface area (Å²) >= 11 is 6.08. The summed E-state index contributed by atoms with van der Waals surface area (Å²) in [6.07, 6.45) is 1.61. The van der Waals surface area contributed by atoms with Crippen LogP contribution in [0.15, 0.2) is 42.7 Å². The van der Waals surface area contributed by atoms with Crippen LogP contribution in [0.4, 0.5) is 17.2 Å². The van der Waals surface area contributed by atoms with Crippen LogP contribution in [0.2, 0.25) is 5.15 Å². The minimum atomic E-state index is -0.664. The molecule has 0 radical (unpaired) electrons. The van der Waals surface area contributed by atoms with Crippen molar-refractivity contribution >= 4 is 34.8 Å². The summed E-state index contributed by atoms with van der Waals surface area (Å²) in [6, 6.07) is 10.9. The number of aryl methyl sites for hydroxylation is 1. The lowest BCUT2D eigenvalue weighted by molar-refractivity contribution is 0.0594. The van der Waals surface area contributed by atoms with Gasteiger partial charge in [0.15, 0.2) is 22.4 Å². The first-order chi connectivity index (χ1) is 17.8. The van der Waals surface area contributed by atoms with Crippen LogP contribution in [0.5, 0.6) is 5.75 Å². The predicted molar refractivity (Wildman–Crippen MR) is 138 cm³/mol. The standard InChI is InChI=1S/C24H26ClN9O3/c1-33(12-15-6-5-7-20(26)28-15)11-14-8-16(23-27-13-34(2)32-23)22(36-3)18(9-14)29-17-10-19(25)30-31-21(17)24(35)37-4/h5-10,13H,11-12H2,1-4H3,(H2,26,28)(H,29,30). The van der Waals surface area contributed by atoms with Crippen molar-refractivity contribution in [3.05, 3.63) is 64.8 Å². The molecular weight excluding hydrogens is 498 g/mol. The molecule has 3 heterocycles. The topological polar surface area (TPSA) is 146 Å². The van der Waals surface area contributed by atoms with Crippen LogP contribution in [0.1, 0.15) is 21.7 Å². The van der Waals surface area contributed by atoms with Gasteiger partial charge in [-0.05, 0) is 36.9 Å². The first-order valence-electron chi connectivity index (χ1n) is 11.1. The Morgan fingerprint density at radius 3 is 2.65 bits per heavy atom. The van der Waals surface area contributed by atoms with Crippen molar-refractivity contribution in [3.8, 4) is 17.1 Å². The average Bonchev–Trinajstić information content (AvgIpc) is 3.29. The van der Waals surface area contributed by atoms with Crippen molar-refractivity contribution in [1.82, 2.24) is 34.8 Å². The minimum absolute atomic E-state index is 0.0262. The number of nitrogens with zero attached hydrogens (tertiary/aromatic N) is 7. The van der Waals surface area contributed by atoms with E-state index in [0.29, 0.717) is 47.4 Å². The first kappa shape index (κ1) is 25.8. The van der Waals surface area contributed by atoms with Crippen LogP contribution in [0.25, 0.3) is 11.4 Å². The molecule has 4 rings (SSSR count). The number of halogens is 1. The maximum absolute atomic E-state index is 12.3. The SMILES string of the molecule is COC(=O)c1nnc(Cl)cc1Nc1cc(CN(C)Cc2cccc(N)n2)cc(-c2ncn(C)n2)c1OC. The summed E-state index contributed by atoms with van der Waals surface area (Å²) < 4.78 is 12.2. The Morgan fingerprint density at radius 2 is 1.97 bits per heavy atom. The van der Waals surface area contributed by atoms with Crippen LogP contribution in [-0.4, -0.2) is 62.1 Å². The number of carbonyl (C=O) groups is 1. The highest BCUT2D eigenvalue weighted by atomic mass is 35.5. The maximum atomic E-state index is 12.3. The van der Waals surface area contributed by atoms with Crippen LogP contribution in [0, 0.1) is 0 Å². The van der Waals surface area contributed by atoms with Crippen molar-refractivity contribution in [3.63, 3.8) is 0 Å². The molecule has 12 nitrogen and oxygen atoms in total. The number of pyridine rings is 1. The summed E-state index contributed by atoms with van der Waals surface area (Å²) in [4.78, 5) is 23.2. The highest BCUT2D eigenvalue weighted by Crippen LogP contribution is 2.39. The summed E-state index contributed by atoms with van der Waals surface area (Å²) in [5.41, 5.74) is 9.09. The predicted octanol–water partition coefficient (Wildman–Crippen LogP) is 3.07. The normalized spacial score (nSPS) is 11.0. The van der Waals surface area contributed by atoms with Crippen molar-refractivity contribution in [2.45, 2.75) is 13.1 Å². The van der Waals surface area contributed by atoms with Crippen LogP contribution in [-0.2, 0) is 24.9 Å². The molecule has 13 heteroatoms. The number of nitrogens with two attached hydrogens (primary N) is 1. The van der Waals surface area contributed by atoms with Gasteiger partial charge in [0.1, 0.15) is 12.1 Å². The van der Waals surface area contributed by atoms with E-state index >= 15 is 0 Å². The highest BCUT2D eigenvalue weighted by molar-refractivity contribution is 6.29. The molecule has 0 atom stereocenters. The van der Waals surface area contributed by atoms with E-state index in [9.17, 15) is 4.79 Å². The molecule has 0 aliphatic carbocycles. The Labute approximate surface area is 218 Å². The molecule has 0 fully saturated rings.